The van der Waals surface area contributed by atoms with Crippen molar-refractivity contribution in [3.8, 4) is 0 Å². The van der Waals surface area contributed by atoms with Crippen LogP contribution in [0, 0.1) is 0 Å². The van der Waals surface area contributed by atoms with Gasteiger partial charge in [-0.3, -0.25) is 4.90 Å². The van der Waals surface area contributed by atoms with Crippen molar-refractivity contribution >= 4 is 5.69 Å². The highest BCUT2D eigenvalue weighted by Crippen LogP contribution is 2.33. The zero-order chi connectivity index (χ0) is 14.1. The molecule has 2 aromatic carbocycles. The molecule has 1 aliphatic heterocycles. The fourth-order valence-electron chi connectivity index (χ4n) is 3.33. The van der Waals surface area contributed by atoms with Crippen molar-refractivity contribution in [2.45, 2.75) is 38.4 Å². The first-order valence-corrected chi connectivity index (χ1v) is 8.03. The van der Waals surface area contributed by atoms with E-state index in [-0.39, 0.29) is 0 Å². The average Bonchev–Trinajstić information content (AvgIpc) is 3.25. The molecule has 2 heteroatoms. The van der Waals surface area contributed by atoms with Gasteiger partial charge in [-0.1, -0.05) is 48.5 Å². The van der Waals surface area contributed by atoms with Crippen LogP contribution in [-0.4, -0.2) is 17.5 Å². The third-order valence-corrected chi connectivity index (χ3v) is 4.60. The molecule has 1 heterocycles. The third-order valence-electron chi connectivity index (χ3n) is 4.60. The van der Waals surface area contributed by atoms with E-state index in [1.807, 2.05) is 0 Å². The largest absolute Gasteiger partial charge is 0.384 e. The monoisotopic (exact) mass is 278 g/mol. The van der Waals surface area contributed by atoms with Gasteiger partial charge in [-0.25, -0.2) is 0 Å². The predicted octanol–water partition coefficient (Wildman–Crippen LogP) is 3.82. The third kappa shape index (κ3) is 2.81. The molecule has 0 amide bonds. The second-order valence-corrected chi connectivity index (χ2v) is 6.25. The highest BCUT2D eigenvalue weighted by Gasteiger charge is 2.29. The summed E-state index contributed by atoms with van der Waals surface area (Å²) in [6.07, 6.45) is 3.88. The van der Waals surface area contributed by atoms with Gasteiger partial charge in [0.25, 0.3) is 0 Å². The van der Waals surface area contributed by atoms with Gasteiger partial charge in [-0.2, -0.15) is 0 Å². The fourth-order valence-corrected chi connectivity index (χ4v) is 3.33. The molecule has 0 unspecified atom stereocenters. The molecule has 1 fully saturated rings. The summed E-state index contributed by atoms with van der Waals surface area (Å²) in [6, 6.07) is 18.4. The molecule has 4 rings (SSSR count). The maximum Gasteiger partial charge on any atom is 0.0419 e. The van der Waals surface area contributed by atoms with Crippen LogP contribution in [0.3, 0.4) is 0 Å². The van der Waals surface area contributed by atoms with Crippen LogP contribution in [-0.2, 0) is 19.5 Å². The molecule has 0 saturated heterocycles. The topological polar surface area (TPSA) is 15.3 Å². The van der Waals surface area contributed by atoms with Crippen molar-refractivity contribution in [1.29, 1.82) is 0 Å². The number of anilines is 1. The van der Waals surface area contributed by atoms with Crippen molar-refractivity contribution in [3.05, 3.63) is 65.2 Å². The lowest BCUT2D eigenvalue weighted by Crippen LogP contribution is -2.25. The minimum atomic E-state index is 0.780. The average molecular weight is 278 g/mol. The maximum atomic E-state index is 3.57. The van der Waals surface area contributed by atoms with E-state index in [9.17, 15) is 0 Å². The zero-order valence-corrected chi connectivity index (χ0v) is 12.4. The molecule has 0 aromatic heterocycles. The van der Waals surface area contributed by atoms with Gasteiger partial charge in [0.2, 0.25) is 0 Å². The molecule has 0 bridgehead atoms. The van der Waals surface area contributed by atoms with Crippen molar-refractivity contribution in [3.63, 3.8) is 0 Å². The molecule has 0 radical (unpaired) electrons. The molecular weight excluding hydrogens is 256 g/mol. The minimum absolute atomic E-state index is 0.780. The molecule has 1 N–H and O–H groups in total. The second-order valence-electron chi connectivity index (χ2n) is 6.25. The van der Waals surface area contributed by atoms with Crippen molar-refractivity contribution in [2.75, 3.05) is 11.9 Å². The van der Waals surface area contributed by atoms with E-state index in [0.29, 0.717) is 0 Å². The number of rotatable bonds is 5. The van der Waals surface area contributed by atoms with Gasteiger partial charge in [0.05, 0.1) is 0 Å². The van der Waals surface area contributed by atoms with Crippen LogP contribution >= 0.6 is 0 Å². The van der Waals surface area contributed by atoms with Crippen LogP contribution in [0.1, 0.15) is 29.5 Å². The minimum Gasteiger partial charge on any atom is -0.384 e. The lowest BCUT2D eigenvalue weighted by molar-refractivity contribution is 0.246. The quantitative estimate of drug-likeness (QED) is 0.894. The van der Waals surface area contributed by atoms with Gasteiger partial charge in [-0.15, -0.1) is 0 Å². The van der Waals surface area contributed by atoms with Gasteiger partial charge in [0.1, 0.15) is 0 Å². The predicted molar refractivity (Wildman–Crippen MR) is 87.3 cm³/mol. The van der Waals surface area contributed by atoms with E-state index in [2.05, 4.69) is 58.7 Å². The van der Waals surface area contributed by atoms with E-state index in [4.69, 9.17) is 0 Å². The van der Waals surface area contributed by atoms with Gasteiger partial charge in [0, 0.05) is 31.4 Å². The molecule has 2 aromatic rings. The van der Waals surface area contributed by atoms with Gasteiger partial charge < -0.3 is 5.32 Å². The Morgan fingerprint density at radius 2 is 1.81 bits per heavy atom. The molecule has 0 spiro atoms. The summed E-state index contributed by atoms with van der Waals surface area (Å²) in [5.74, 6) is 0. The number of hydrogen-bond acceptors (Lipinski definition) is 2. The van der Waals surface area contributed by atoms with E-state index in [1.54, 1.807) is 0 Å². The molecule has 21 heavy (non-hydrogen) atoms. The molecular formula is C19H22N2. The summed E-state index contributed by atoms with van der Waals surface area (Å²) in [5, 5.41) is 3.57. The van der Waals surface area contributed by atoms with Gasteiger partial charge in [0.15, 0.2) is 0 Å². The highest BCUT2D eigenvalue weighted by atomic mass is 15.2. The van der Waals surface area contributed by atoms with Crippen LogP contribution in [0.4, 0.5) is 5.69 Å². The Kier molecular flexibility index (Phi) is 3.40. The van der Waals surface area contributed by atoms with Crippen molar-refractivity contribution < 1.29 is 0 Å². The summed E-state index contributed by atoms with van der Waals surface area (Å²) < 4.78 is 0. The number of nitrogens with one attached hydrogen (secondary N) is 1. The van der Waals surface area contributed by atoms with Crippen molar-refractivity contribution in [1.82, 2.24) is 4.90 Å². The molecule has 2 aliphatic rings. The summed E-state index contributed by atoms with van der Waals surface area (Å²) in [4.78, 5) is 2.64. The maximum absolute atomic E-state index is 3.57. The smallest absolute Gasteiger partial charge is 0.0419 e. The summed E-state index contributed by atoms with van der Waals surface area (Å²) >= 11 is 0. The molecule has 0 atom stereocenters. The normalized spacial score (nSPS) is 16.8. The van der Waals surface area contributed by atoms with Crippen LogP contribution in [0.15, 0.2) is 48.5 Å². The lowest BCUT2D eigenvalue weighted by Gasteiger charge is -2.23. The van der Waals surface area contributed by atoms with Gasteiger partial charge in [-0.05, 0) is 36.0 Å². The Morgan fingerprint density at radius 1 is 0.952 bits per heavy atom. The Balaban J connectivity index is 1.54. The number of nitrogens with zero attached hydrogens (tertiary/aromatic N) is 1. The van der Waals surface area contributed by atoms with Crippen LogP contribution in [0.5, 0.6) is 0 Å². The fraction of sp³-hybridized carbons (Fsp3) is 0.368. The Morgan fingerprint density at radius 3 is 2.62 bits per heavy atom. The molecule has 1 saturated carbocycles. The van der Waals surface area contributed by atoms with E-state index in [1.165, 1.54) is 41.6 Å². The van der Waals surface area contributed by atoms with E-state index in [0.717, 1.165) is 25.7 Å². The summed E-state index contributed by atoms with van der Waals surface area (Å²) in [5.41, 5.74) is 5.77. The SMILES string of the molecule is c1ccc(CN(Cc2cccc3c2NCC3)C2CC2)cc1. The Bertz CT molecular complexity index is 617. The number of benzene rings is 2. The van der Waals surface area contributed by atoms with Crippen molar-refractivity contribution in [2.24, 2.45) is 0 Å². The first-order valence-electron chi connectivity index (χ1n) is 8.03. The van der Waals surface area contributed by atoms with Gasteiger partial charge >= 0.3 is 0 Å². The van der Waals surface area contributed by atoms with E-state index < -0.39 is 0 Å². The first-order chi connectivity index (χ1) is 10.4. The second kappa shape index (κ2) is 5.53. The van der Waals surface area contributed by atoms with E-state index >= 15 is 0 Å². The van der Waals surface area contributed by atoms with Crippen LogP contribution < -0.4 is 5.32 Å². The summed E-state index contributed by atoms with van der Waals surface area (Å²) in [6.45, 7) is 3.22. The Hall–Kier alpha value is -1.80. The number of fused-ring (bicyclic) bond motifs is 1. The summed E-state index contributed by atoms with van der Waals surface area (Å²) in [7, 11) is 0. The molecule has 1 aliphatic carbocycles. The molecule has 108 valence electrons. The number of hydrogen-bond donors (Lipinski definition) is 1. The zero-order valence-electron chi connectivity index (χ0n) is 12.4. The number of para-hydroxylation sites is 1. The first kappa shape index (κ1) is 12.9. The highest BCUT2D eigenvalue weighted by molar-refractivity contribution is 5.61. The lowest BCUT2D eigenvalue weighted by atomic mass is 10.1. The standard InChI is InChI=1S/C19H22N2/c1-2-5-15(6-3-1)13-21(18-9-10-18)14-17-8-4-7-16-11-12-20-19(16)17/h1-8,18,20H,9-14H2. The Labute approximate surface area is 126 Å². The van der Waals surface area contributed by atoms with Crippen LogP contribution in [0.25, 0.3) is 0 Å². The van der Waals surface area contributed by atoms with Crippen LogP contribution in [0.2, 0.25) is 0 Å². The molecule has 2 nitrogen and oxygen atoms in total.